The van der Waals surface area contributed by atoms with Crippen LogP contribution in [0.5, 0.6) is 0 Å². The summed E-state index contributed by atoms with van der Waals surface area (Å²) in [6, 6.07) is 8.03. The Morgan fingerprint density at radius 1 is 1.39 bits per heavy atom. The number of H-pyrrole nitrogens is 1. The monoisotopic (exact) mass is 241 g/mol. The molecule has 18 heavy (non-hydrogen) atoms. The highest BCUT2D eigenvalue weighted by molar-refractivity contribution is 5.84. The number of nitrogens with two attached hydrogens (primary N) is 1. The zero-order valence-electron chi connectivity index (χ0n) is 10.2. The normalized spacial score (nSPS) is 13.0. The van der Waals surface area contributed by atoms with Crippen molar-refractivity contribution in [3.63, 3.8) is 0 Å². The molecule has 0 bridgehead atoms. The van der Waals surface area contributed by atoms with Crippen LogP contribution in [0.25, 0.3) is 10.9 Å². The van der Waals surface area contributed by atoms with Crippen LogP contribution in [0.4, 0.5) is 0 Å². The van der Waals surface area contributed by atoms with Crippen LogP contribution < -0.4 is 5.73 Å². The number of aromatic nitrogens is 2. The minimum Gasteiger partial charge on any atom is -0.447 e. The van der Waals surface area contributed by atoms with Crippen LogP contribution >= 0.6 is 0 Å². The summed E-state index contributed by atoms with van der Waals surface area (Å²) in [6.07, 6.45) is 3.89. The van der Waals surface area contributed by atoms with E-state index in [1.165, 1.54) is 10.9 Å². The summed E-state index contributed by atoms with van der Waals surface area (Å²) in [5.74, 6) is 0.583. The minimum atomic E-state index is -0.210. The van der Waals surface area contributed by atoms with Crippen molar-refractivity contribution >= 4 is 10.9 Å². The van der Waals surface area contributed by atoms with Crippen molar-refractivity contribution in [3.8, 4) is 0 Å². The standard InChI is InChI=1S/C14H15N3O/c1-9-11(8-12(15)14-16-6-7-18-14)10-4-2-3-5-13(10)17-9/h2-7,12,17H,8,15H2,1H3. The van der Waals surface area contributed by atoms with Gasteiger partial charge in [0.2, 0.25) is 5.89 Å². The Kier molecular flexibility index (Phi) is 2.64. The summed E-state index contributed by atoms with van der Waals surface area (Å²) in [5, 5.41) is 1.22. The van der Waals surface area contributed by atoms with Crippen molar-refractivity contribution in [2.75, 3.05) is 0 Å². The third-order valence-electron chi connectivity index (χ3n) is 3.22. The van der Waals surface area contributed by atoms with E-state index < -0.39 is 0 Å². The smallest absolute Gasteiger partial charge is 0.211 e. The number of fused-ring (bicyclic) bond motifs is 1. The van der Waals surface area contributed by atoms with E-state index >= 15 is 0 Å². The third-order valence-corrected chi connectivity index (χ3v) is 3.22. The molecule has 4 nitrogen and oxygen atoms in total. The number of para-hydroxylation sites is 1. The van der Waals surface area contributed by atoms with E-state index in [0.29, 0.717) is 5.89 Å². The van der Waals surface area contributed by atoms with Crippen LogP contribution in [-0.2, 0) is 6.42 Å². The van der Waals surface area contributed by atoms with Gasteiger partial charge in [-0.1, -0.05) is 18.2 Å². The number of rotatable bonds is 3. The van der Waals surface area contributed by atoms with Gasteiger partial charge in [-0.15, -0.1) is 0 Å². The van der Waals surface area contributed by atoms with Crippen molar-refractivity contribution in [3.05, 3.63) is 53.9 Å². The van der Waals surface area contributed by atoms with Crippen LogP contribution in [0.15, 0.2) is 41.1 Å². The van der Waals surface area contributed by atoms with Crippen molar-refractivity contribution in [1.82, 2.24) is 9.97 Å². The number of benzene rings is 1. The van der Waals surface area contributed by atoms with E-state index in [4.69, 9.17) is 10.2 Å². The lowest BCUT2D eigenvalue weighted by Crippen LogP contribution is -2.14. The Morgan fingerprint density at radius 2 is 2.22 bits per heavy atom. The Labute approximate surface area is 105 Å². The van der Waals surface area contributed by atoms with Gasteiger partial charge in [0.05, 0.1) is 12.2 Å². The molecule has 0 spiro atoms. The first-order valence-electron chi connectivity index (χ1n) is 5.97. The molecule has 0 radical (unpaired) electrons. The van der Waals surface area contributed by atoms with Crippen LogP contribution in [0, 0.1) is 6.92 Å². The summed E-state index contributed by atoms with van der Waals surface area (Å²) in [7, 11) is 0. The first-order valence-corrected chi connectivity index (χ1v) is 5.97. The molecular formula is C14H15N3O. The molecule has 0 aliphatic rings. The lowest BCUT2D eigenvalue weighted by molar-refractivity contribution is 0.448. The second-order valence-electron chi connectivity index (χ2n) is 4.46. The van der Waals surface area contributed by atoms with Crippen molar-refractivity contribution in [2.24, 2.45) is 5.73 Å². The Hall–Kier alpha value is -2.07. The topological polar surface area (TPSA) is 67.8 Å². The number of aryl methyl sites for hydroxylation is 1. The van der Waals surface area contributed by atoms with Crippen molar-refractivity contribution < 1.29 is 4.42 Å². The average molecular weight is 241 g/mol. The molecule has 2 aromatic heterocycles. The molecule has 1 unspecified atom stereocenters. The molecule has 3 aromatic rings. The summed E-state index contributed by atoms with van der Waals surface area (Å²) in [5.41, 5.74) is 9.65. The molecule has 0 aliphatic carbocycles. The molecule has 4 heteroatoms. The summed E-state index contributed by atoms with van der Waals surface area (Å²) in [6.45, 7) is 2.07. The second-order valence-corrected chi connectivity index (χ2v) is 4.46. The van der Waals surface area contributed by atoms with Crippen LogP contribution in [0.2, 0.25) is 0 Å². The highest BCUT2D eigenvalue weighted by Gasteiger charge is 2.16. The third kappa shape index (κ3) is 1.80. The highest BCUT2D eigenvalue weighted by Crippen LogP contribution is 2.25. The van der Waals surface area contributed by atoms with Gasteiger partial charge < -0.3 is 15.1 Å². The second kappa shape index (κ2) is 4.31. The fourth-order valence-corrected chi connectivity index (χ4v) is 2.32. The number of nitrogens with zero attached hydrogens (tertiary/aromatic N) is 1. The summed E-state index contributed by atoms with van der Waals surface area (Å²) in [4.78, 5) is 7.48. The van der Waals surface area contributed by atoms with Gasteiger partial charge in [0, 0.05) is 16.6 Å². The van der Waals surface area contributed by atoms with Gasteiger partial charge >= 0.3 is 0 Å². The number of hydrogen-bond acceptors (Lipinski definition) is 3. The molecule has 2 heterocycles. The molecule has 92 valence electrons. The summed E-state index contributed by atoms with van der Waals surface area (Å²) >= 11 is 0. The highest BCUT2D eigenvalue weighted by atomic mass is 16.3. The van der Waals surface area contributed by atoms with E-state index in [1.54, 1.807) is 12.5 Å². The Bertz CT molecular complexity index is 655. The van der Waals surface area contributed by atoms with Gasteiger partial charge in [-0.05, 0) is 25.0 Å². The zero-order valence-corrected chi connectivity index (χ0v) is 10.2. The molecule has 1 atom stereocenters. The van der Waals surface area contributed by atoms with E-state index in [2.05, 4.69) is 29.0 Å². The fourth-order valence-electron chi connectivity index (χ4n) is 2.32. The number of nitrogens with one attached hydrogen (secondary N) is 1. The first kappa shape index (κ1) is 11.0. The number of oxazole rings is 1. The van der Waals surface area contributed by atoms with Gasteiger partial charge in [-0.3, -0.25) is 0 Å². The molecular weight excluding hydrogens is 226 g/mol. The van der Waals surface area contributed by atoms with Gasteiger partial charge in [0.25, 0.3) is 0 Å². The predicted molar refractivity (Wildman–Crippen MR) is 70.2 cm³/mol. The maximum atomic E-state index is 6.12. The SMILES string of the molecule is Cc1[nH]c2ccccc2c1CC(N)c1ncco1. The molecule has 0 amide bonds. The van der Waals surface area contributed by atoms with E-state index in [-0.39, 0.29) is 6.04 Å². The zero-order chi connectivity index (χ0) is 12.5. The van der Waals surface area contributed by atoms with Gasteiger partial charge in [0.1, 0.15) is 6.26 Å². The average Bonchev–Trinajstić information content (AvgIpc) is 2.98. The molecule has 3 rings (SSSR count). The molecule has 1 aromatic carbocycles. The fraction of sp³-hybridized carbons (Fsp3) is 0.214. The molecule has 0 fully saturated rings. The Morgan fingerprint density at radius 3 is 3.00 bits per heavy atom. The minimum absolute atomic E-state index is 0.210. The van der Waals surface area contributed by atoms with Gasteiger partial charge in [-0.25, -0.2) is 4.98 Å². The summed E-state index contributed by atoms with van der Waals surface area (Å²) < 4.78 is 5.25. The largest absolute Gasteiger partial charge is 0.447 e. The predicted octanol–water partition coefficient (Wildman–Crippen LogP) is 2.71. The lowest BCUT2D eigenvalue weighted by Gasteiger charge is -2.07. The molecule has 0 aliphatic heterocycles. The van der Waals surface area contributed by atoms with Crippen molar-refractivity contribution in [1.29, 1.82) is 0 Å². The van der Waals surface area contributed by atoms with E-state index in [9.17, 15) is 0 Å². The van der Waals surface area contributed by atoms with Crippen molar-refractivity contribution in [2.45, 2.75) is 19.4 Å². The quantitative estimate of drug-likeness (QED) is 0.740. The lowest BCUT2D eigenvalue weighted by atomic mass is 10.0. The van der Waals surface area contributed by atoms with E-state index in [1.807, 2.05) is 12.1 Å². The molecule has 0 saturated heterocycles. The molecule has 0 saturated carbocycles. The number of aromatic amines is 1. The van der Waals surface area contributed by atoms with Gasteiger partial charge in [0.15, 0.2) is 0 Å². The molecule has 3 N–H and O–H groups in total. The Balaban J connectivity index is 1.97. The van der Waals surface area contributed by atoms with Gasteiger partial charge in [-0.2, -0.15) is 0 Å². The maximum Gasteiger partial charge on any atom is 0.211 e. The van der Waals surface area contributed by atoms with Crippen LogP contribution in [-0.4, -0.2) is 9.97 Å². The number of hydrogen-bond donors (Lipinski definition) is 2. The van der Waals surface area contributed by atoms with E-state index in [0.717, 1.165) is 17.6 Å². The first-order chi connectivity index (χ1) is 8.75. The maximum absolute atomic E-state index is 6.12. The van der Waals surface area contributed by atoms with Crippen LogP contribution in [0.1, 0.15) is 23.2 Å². The van der Waals surface area contributed by atoms with Crippen LogP contribution in [0.3, 0.4) is 0 Å².